The minimum atomic E-state index is -0.768. The van der Waals surface area contributed by atoms with Crippen LogP contribution in [-0.2, 0) is 14.4 Å². The number of hydrogen-bond acceptors (Lipinski definition) is 5. The Morgan fingerprint density at radius 3 is 2.67 bits per heavy atom. The van der Waals surface area contributed by atoms with Gasteiger partial charge in [-0.2, -0.15) is 0 Å². The minimum absolute atomic E-state index is 0.0105. The van der Waals surface area contributed by atoms with Gasteiger partial charge in [-0.05, 0) is 19.4 Å². The highest BCUT2D eigenvalue weighted by atomic mass is 16.2. The van der Waals surface area contributed by atoms with E-state index in [-0.39, 0.29) is 18.2 Å². The molecule has 102 valence electrons. The molecule has 0 saturated carbocycles. The van der Waals surface area contributed by atoms with Crippen molar-refractivity contribution in [3.05, 3.63) is 0 Å². The molecule has 1 rings (SSSR count). The SMILES string of the molecule is CN1C(=O)C[C@@H](NC(=O)C(N)CCCCN)C1=O. The van der Waals surface area contributed by atoms with Crippen molar-refractivity contribution in [3.63, 3.8) is 0 Å². The summed E-state index contributed by atoms with van der Waals surface area (Å²) >= 11 is 0. The van der Waals surface area contributed by atoms with Crippen molar-refractivity contribution in [2.75, 3.05) is 13.6 Å². The highest BCUT2D eigenvalue weighted by Gasteiger charge is 2.37. The molecule has 5 N–H and O–H groups in total. The van der Waals surface area contributed by atoms with E-state index in [1.54, 1.807) is 0 Å². The van der Waals surface area contributed by atoms with Gasteiger partial charge in [-0.1, -0.05) is 6.42 Å². The van der Waals surface area contributed by atoms with Gasteiger partial charge < -0.3 is 16.8 Å². The van der Waals surface area contributed by atoms with Gasteiger partial charge in [0.25, 0.3) is 5.91 Å². The minimum Gasteiger partial charge on any atom is -0.342 e. The Morgan fingerprint density at radius 2 is 2.17 bits per heavy atom. The van der Waals surface area contributed by atoms with E-state index in [4.69, 9.17) is 11.5 Å². The number of carbonyl (C=O) groups is 3. The molecular formula is C11H20N4O3. The molecule has 7 heteroatoms. The second kappa shape index (κ2) is 6.46. The maximum absolute atomic E-state index is 11.7. The fraction of sp³-hybridized carbons (Fsp3) is 0.727. The Morgan fingerprint density at radius 1 is 1.50 bits per heavy atom. The van der Waals surface area contributed by atoms with E-state index >= 15 is 0 Å². The first-order valence-corrected chi connectivity index (χ1v) is 6.03. The summed E-state index contributed by atoms with van der Waals surface area (Å²) in [4.78, 5) is 35.6. The van der Waals surface area contributed by atoms with E-state index in [0.29, 0.717) is 13.0 Å². The molecular weight excluding hydrogens is 236 g/mol. The van der Waals surface area contributed by atoms with Gasteiger partial charge in [0.15, 0.2) is 0 Å². The average Bonchev–Trinajstić information content (AvgIpc) is 2.57. The maximum Gasteiger partial charge on any atom is 0.252 e. The van der Waals surface area contributed by atoms with E-state index in [1.165, 1.54) is 7.05 Å². The number of carbonyl (C=O) groups excluding carboxylic acids is 3. The van der Waals surface area contributed by atoms with Crippen LogP contribution in [0.5, 0.6) is 0 Å². The van der Waals surface area contributed by atoms with E-state index < -0.39 is 18.0 Å². The molecule has 1 unspecified atom stereocenters. The van der Waals surface area contributed by atoms with Crippen LogP contribution in [0.15, 0.2) is 0 Å². The number of nitrogens with two attached hydrogens (primary N) is 2. The molecule has 0 aliphatic carbocycles. The first-order chi connectivity index (χ1) is 8.47. The summed E-state index contributed by atoms with van der Waals surface area (Å²) in [5, 5.41) is 2.51. The zero-order valence-corrected chi connectivity index (χ0v) is 10.5. The van der Waals surface area contributed by atoms with Gasteiger partial charge in [0.05, 0.1) is 12.5 Å². The van der Waals surface area contributed by atoms with E-state index in [9.17, 15) is 14.4 Å². The van der Waals surface area contributed by atoms with Crippen molar-refractivity contribution in [1.29, 1.82) is 0 Å². The Kier molecular flexibility index (Phi) is 5.24. The molecule has 0 spiro atoms. The molecule has 0 aromatic rings. The molecule has 3 amide bonds. The topological polar surface area (TPSA) is 119 Å². The summed E-state index contributed by atoms with van der Waals surface area (Å²) in [6, 6.07) is -1.43. The molecule has 2 atom stereocenters. The van der Waals surface area contributed by atoms with Gasteiger partial charge in [-0.15, -0.1) is 0 Å². The van der Waals surface area contributed by atoms with Crippen LogP contribution in [0.2, 0.25) is 0 Å². The van der Waals surface area contributed by atoms with Crippen molar-refractivity contribution in [2.24, 2.45) is 11.5 Å². The Bertz CT molecular complexity index is 345. The van der Waals surface area contributed by atoms with Crippen LogP contribution >= 0.6 is 0 Å². The lowest BCUT2D eigenvalue weighted by molar-refractivity contribution is -0.138. The third kappa shape index (κ3) is 3.51. The quantitative estimate of drug-likeness (QED) is 0.387. The molecule has 18 heavy (non-hydrogen) atoms. The summed E-state index contributed by atoms with van der Waals surface area (Å²) in [5.41, 5.74) is 11.0. The Labute approximate surface area is 106 Å². The predicted molar refractivity (Wildman–Crippen MR) is 65.2 cm³/mol. The van der Waals surface area contributed by atoms with Crippen LogP contribution in [-0.4, -0.2) is 48.3 Å². The van der Waals surface area contributed by atoms with Crippen molar-refractivity contribution >= 4 is 17.7 Å². The van der Waals surface area contributed by atoms with Gasteiger partial charge in [0, 0.05) is 7.05 Å². The van der Waals surface area contributed by atoms with Crippen LogP contribution in [0.4, 0.5) is 0 Å². The molecule has 0 aromatic heterocycles. The molecule has 7 nitrogen and oxygen atoms in total. The predicted octanol–water partition coefficient (Wildman–Crippen LogP) is -1.68. The highest BCUT2D eigenvalue weighted by molar-refractivity contribution is 6.06. The third-order valence-corrected chi connectivity index (χ3v) is 3.00. The van der Waals surface area contributed by atoms with Crippen molar-refractivity contribution < 1.29 is 14.4 Å². The van der Waals surface area contributed by atoms with Crippen LogP contribution in [0.1, 0.15) is 25.7 Å². The number of imide groups is 1. The number of likely N-dealkylation sites (tertiary alicyclic amines) is 1. The Balaban J connectivity index is 2.40. The first kappa shape index (κ1) is 14.6. The van der Waals surface area contributed by atoms with E-state index in [0.717, 1.165) is 17.7 Å². The lowest BCUT2D eigenvalue weighted by atomic mass is 10.1. The molecule has 0 radical (unpaired) electrons. The van der Waals surface area contributed by atoms with Crippen molar-refractivity contribution in [1.82, 2.24) is 10.2 Å². The summed E-state index contributed by atoms with van der Waals surface area (Å²) in [7, 11) is 1.40. The zero-order chi connectivity index (χ0) is 13.7. The molecule has 1 fully saturated rings. The number of rotatable bonds is 6. The summed E-state index contributed by atoms with van der Waals surface area (Å²) < 4.78 is 0. The lowest BCUT2D eigenvalue weighted by Crippen LogP contribution is -2.48. The van der Waals surface area contributed by atoms with Crippen LogP contribution in [0.25, 0.3) is 0 Å². The molecule has 1 aliphatic heterocycles. The van der Waals surface area contributed by atoms with Gasteiger partial charge >= 0.3 is 0 Å². The lowest BCUT2D eigenvalue weighted by Gasteiger charge is -2.15. The van der Waals surface area contributed by atoms with E-state index in [2.05, 4.69) is 5.32 Å². The monoisotopic (exact) mass is 256 g/mol. The zero-order valence-electron chi connectivity index (χ0n) is 10.5. The maximum atomic E-state index is 11.7. The second-order valence-corrected chi connectivity index (χ2v) is 4.45. The molecule has 0 bridgehead atoms. The van der Waals surface area contributed by atoms with Crippen molar-refractivity contribution in [2.45, 2.75) is 37.8 Å². The summed E-state index contributed by atoms with van der Waals surface area (Å²) in [6.07, 6.45) is 2.11. The standard InChI is InChI=1S/C11H20N4O3/c1-15-9(16)6-8(11(15)18)14-10(17)7(13)4-2-3-5-12/h7-8H,2-6,12-13H2,1H3,(H,14,17)/t7?,8-/m1/s1. The number of unbranched alkanes of at least 4 members (excludes halogenated alkanes) is 1. The second-order valence-electron chi connectivity index (χ2n) is 4.45. The molecule has 1 heterocycles. The number of likely N-dealkylation sites (N-methyl/N-ethyl adjacent to an activating group) is 1. The normalized spacial score (nSPS) is 21.3. The van der Waals surface area contributed by atoms with Gasteiger partial charge in [0.2, 0.25) is 11.8 Å². The van der Waals surface area contributed by atoms with Crippen LogP contribution in [0, 0.1) is 0 Å². The Hall–Kier alpha value is -1.47. The van der Waals surface area contributed by atoms with E-state index in [1.807, 2.05) is 0 Å². The third-order valence-electron chi connectivity index (χ3n) is 3.00. The van der Waals surface area contributed by atoms with Crippen molar-refractivity contribution in [3.8, 4) is 0 Å². The molecule has 0 aromatic carbocycles. The molecule has 1 saturated heterocycles. The van der Waals surface area contributed by atoms with Gasteiger partial charge in [0.1, 0.15) is 6.04 Å². The first-order valence-electron chi connectivity index (χ1n) is 6.03. The smallest absolute Gasteiger partial charge is 0.252 e. The largest absolute Gasteiger partial charge is 0.342 e. The summed E-state index contributed by atoms with van der Waals surface area (Å²) in [6.45, 7) is 0.564. The number of hydrogen-bond donors (Lipinski definition) is 3. The highest BCUT2D eigenvalue weighted by Crippen LogP contribution is 2.10. The fourth-order valence-electron chi connectivity index (χ4n) is 1.79. The van der Waals surface area contributed by atoms with Crippen LogP contribution in [0.3, 0.4) is 0 Å². The fourth-order valence-corrected chi connectivity index (χ4v) is 1.79. The molecule has 1 aliphatic rings. The number of nitrogens with one attached hydrogen (secondary N) is 1. The summed E-state index contributed by atoms with van der Waals surface area (Å²) in [5.74, 6) is -1.07. The van der Waals surface area contributed by atoms with Gasteiger partial charge in [-0.3, -0.25) is 19.3 Å². The average molecular weight is 256 g/mol. The number of amides is 3. The number of nitrogens with zero attached hydrogens (tertiary/aromatic N) is 1. The van der Waals surface area contributed by atoms with Crippen LogP contribution < -0.4 is 16.8 Å². The van der Waals surface area contributed by atoms with Gasteiger partial charge in [-0.25, -0.2) is 0 Å².